The molecule has 0 fully saturated rings. The van der Waals surface area contributed by atoms with Gasteiger partial charge in [-0.25, -0.2) is 4.98 Å². The second-order valence-corrected chi connectivity index (χ2v) is 7.22. The van der Waals surface area contributed by atoms with Crippen LogP contribution < -0.4 is 4.90 Å². The Labute approximate surface area is 167 Å². The normalized spacial score (nSPS) is 13.5. The summed E-state index contributed by atoms with van der Waals surface area (Å²) in [5.74, 6) is 1.45. The molecule has 0 N–H and O–H groups in total. The third-order valence-electron chi connectivity index (χ3n) is 5.10. The van der Waals surface area contributed by atoms with Crippen molar-refractivity contribution < 1.29 is 4.42 Å². The zero-order valence-electron chi connectivity index (χ0n) is 16.4. The molecule has 1 aromatic heterocycles. The van der Waals surface area contributed by atoms with Gasteiger partial charge in [-0.15, -0.1) is 0 Å². The van der Waals surface area contributed by atoms with E-state index in [1.54, 1.807) is 6.20 Å². The van der Waals surface area contributed by atoms with E-state index < -0.39 is 0 Å². The molecule has 0 unspecified atom stereocenters. The van der Waals surface area contributed by atoms with Gasteiger partial charge in [0.05, 0.1) is 12.9 Å². The lowest BCUT2D eigenvalue weighted by molar-refractivity contribution is 0.390. The molecular weight excluding hydrogens is 346 g/mol. The number of anilines is 1. The molecule has 1 aliphatic rings. The van der Waals surface area contributed by atoms with Gasteiger partial charge in [0.15, 0.2) is 5.76 Å². The number of benzene rings is 2. The van der Waals surface area contributed by atoms with Crippen molar-refractivity contribution in [3.63, 3.8) is 0 Å². The fourth-order valence-corrected chi connectivity index (χ4v) is 3.46. The number of hydrogen-bond donors (Lipinski definition) is 0. The largest absolute Gasteiger partial charge is 0.436 e. The van der Waals surface area contributed by atoms with Gasteiger partial charge in [0.2, 0.25) is 5.89 Å². The Morgan fingerprint density at radius 3 is 2.50 bits per heavy atom. The average molecular weight is 374 g/mol. The molecule has 1 aliphatic heterocycles. The van der Waals surface area contributed by atoms with Gasteiger partial charge in [-0.2, -0.15) is 0 Å². The highest BCUT2D eigenvalue weighted by molar-refractivity contribution is 5.63. The molecule has 0 saturated heterocycles. The lowest BCUT2D eigenvalue weighted by Crippen LogP contribution is -2.25. The van der Waals surface area contributed by atoms with Crippen LogP contribution in [0.15, 0.2) is 77.6 Å². The molecule has 3 aromatic rings. The van der Waals surface area contributed by atoms with E-state index in [9.17, 15) is 0 Å². The van der Waals surface area contributed by atoms with E-state index in [0.717, 1.165) is 30.1 Å². The van der Waals surface area contributed by atoms with E-state index in [0.29, 0.717) is 5.89 Å². The molecule has 4 nitrogen and oxygen atoms in total. The third kappa shape index (κ3) is 4.28. The van der Waals surface area contributed by atoms with Gasteiger partial charge >= 0.3 is 0 Å². The number of nitrogens with zero attached hydrogens (tertiary/aromatic N) is 3. The van der Waals surface area contributed by atoms with Crippen LogP contribution in [0.2, 0.25) is 0 Å². The fourth-order valence-electron chi connectivity index (χ4n) is 3.46. The lowest BCUT2D eigenvalue weighted by Gasteiger charge is -2.21. The smallest absolute Gasteiger partial charge is 0.226 e. The molecule has 0 atom stereocenters. The highest BCUT2D eigenvalue weighted by Gasteiger charge is 2.14. The first-order valence-corrected chi connectivity index (χ1v) is 10.1. The van der Waals surface area contributed by atoms with Crippen LogP contribution in [0.4, 0.5) is 5.69 Å². The van der Waals surface area contributed by atoms with Crippen molar-refractivity contribution in [3.05, 3.63) is 73.2 Å². The van der Waals surface area contributed by atoms with Gasteiger partial charge in [-0.1, -0.05) is 56.5 Å². The van der Waals surface area contributed by atoms with Crippen LogP contribution in [-0.2, 0) is 0 Å². The number of oxazole rings is 1. The molecule has 4 rings (SSSR count). The Bertz CT molecular complexity index is 899. The van der Waals surface area contributed by atoms with E-state index in [2.05, 4.69) is 58.4 Å². The molecule has 0 radical (unpaired) electrons. The molecule has 2 aromatic carbocycles. The molecule has 4 heteroatoms. The van der Waals surface area contributed by atoms with E-state index in [1.807, 2.05) is 30.3 Å². The van der Waals surface area contributed by atoms with E-state index in [4.69, 9.17) is 4.42 Å². The topological polar surface area (TPSA) is 32.5 Å². The summed E-state index contributed by atoms with van der Waals surface area (Å²) in [6, 6.07) is 18.5. The Kier molecular flexibility index (Phi) is 5.76. The highest BCUT2D eigenvalue weighted by atomic mass is 16.4. The Morgan fingerprint density at radius 1 is 0.893 bits per heavy atom. The van der Waals surface area contributed by atoms with Crippen molar-refractivity contribution in [2.75, 3.05) is 18.1 Å². The van der Waals surface area contributed by atoms with Crippen LogP contribution in [-0.4, -0.2) is 23.1 Å². The number of aromatic nitrogens is 1. The molecule has 144 valence electrons. The molecular formula is C24H27N3O. The third-order valence-corrected chi connectivity index (χ3v) is 5.10. The van der Waals surface area contributed by atoms with Crippen molar-refractivity contribution in [1.82, 2.24) is 9.88 Å². The predicted molar refractivity (Wildman–Crippen MR) is 115 cm³/mol. The summed E-state index contributed by atoms with van der Waals surface area (Å²) >= 11 is 0. The van der Waals surface area contributed by atoms with E-state index in [-0.39, 0.29) is 0 Å². The quantitative estimate of drug-likeness (QED) is 0.444. The number of rotatable bonds is 8. The molecule has 0 aliphatic carbocycles. The standard InChI is InChI=1S/C24H27N3O/c1-2-3-4-8-15-26-16-17-27(19-26)22-13-11-21(12-14-22)24-25-18-23(28-24)20-9-6-5-7-10-20/h5-7,9-14,16-18H,2-4,8,15,19H2,1H3. The summed E-state index contributed by atoms with van der Waals surface area (Å²) in [5, 5.41) is 0. The zero-order chi connectivity index (χ0) is 19.2. The van der Waals surface area contributed by atoms with Gasteiger partial charge in [-0.05, 0) is 30.7 Å². The average Bonchev–Trinajstić information content (AvgIpc) is 3.42. The van der Waals surface area contributed by atoms with Crippen molar-refractivity contribution in [3.8, 4) is 22.8 Å². The summed E-state index contributed by atoms with van der Waals surface area (Å²) in [6.45, 7) is 4.30. The maximum atomic E-state index is 5.96. The molecule has 0 saturated carbocycles. The summed E-state index contributed by atoms with van der Waals surface area (Å²) in [4.78, 5) is 9.10. The number of hydrogen-bond acceptors (Lipinski definition) is 4. The maximum absolute atomic E-state index is 5.96. The minimum absolute atomic E-state index is 0.653. The van der Waals surface area contributed by atoms with Gasteiger partial charge in [-0.3, -0.25) is 0 Å². The minimum atomic E-state index is 0.653. The summed E-state index contributed by atoms with van der Waals surface area (Å²) < 4.78 is 5.96. The van der Waals surface area contributed by atoms with Crippen LogP contribution >= 0.6 is 0 Å². The van der Waals surface area contributed by atoms with Crippen molar-refractivity contribution in [2.45, 2.75) is 32.6 Å². The Hall–Kier alpha value is -3.01. The highest BCUT2D eigenvalue weighted by Crippen LogP contribution is 2.28. The molecule has 28 heavy (non-hydrogen) atoms. The van der Waals surface area contributed by atoms with Crippen LogP contribution in [0.25, 0.3) is 22.8 Å². The Balaban J connectivity index is 1.37. The second kappa shape index (κ2) is 8.79. The minimum Gasteiger partial charge on any atom is -0.436 e. The van der Waals surface area contributed by atoms with Gasteiger partial charge < -0.3 is 14.2 Å². The second-order valence-electron chi connectivity index (χ2n) is 7.22. The SMILES string of the molecule is CCCCCCN1C=CN(c2ccc(-c3ncc(-c4ccccc4)o3)cc2)C1. The van der Waals surface area contributed by atoms with Gasteiger partial charge in [0, 0.05) is 35.8 Å². The van der Waals surface area contributed by atoms with E-state index in [1.165, 1.54) is 31.4 Å². The first-order chi connectivity index (χ1) is 13.8. The molecule has 0 bridgehead atoms. The lowest BCUT2D eigenvalue weighted by atomic mass is 10.2. The van der Waals surface area contributed by atoms with Crippen LogP contribution in [0.1, 0.15) is 32.6 Å². The number of unbranched alkanes of at least 4 members (excludes halogenated alkanes) is 3. The van der Waals surface area contributed by atoms with E-state index >= 15 is 0 Å². The van der Waals surface area contributed by atoms with Crippen LogP contribution in [0.5, 0.6) is 0 Å². The summed E-state index contributed by atoms with van der Waals surface area (Å²) in [7, 11) is 0. The monoisotopic (exact) mass is 373 g/mol. The molecule has 0 spiro atoms. The van der Waals surface area contributed by atoms with Crippen molar-refractivity contribution >= 4 is 5.69 Å². The first-order valence-electron chi connectivity index (χ1n) is 10.1. The van der Waals surface area contributed by atoms with Crippen LogP contribution in [0, 0.1) is 0 Å². The summed E-state index contributed by atoms with van der Waals surface area (Å²) in [6.07, 6.45) is 11.3. The first kappa shape index (κ1) is 18.4. The fraction of sp³-hybridized carbons (Fsp3) is 0.292. The maximum Gasteiger partial charge on any atom is 0.226 e. The predicted octanol–water partition coefficient (Wildman–Crippen LogP) is 6.14. The van der Waals surface area contributed by atoms with Crippen molar-refractivity contribution in [1.29, 1.82) is 0 Å². The molecule has 2 heterocycles. The zero-order valence-corrected chi connectivity index (χ0v) is 16.4. The van der Waals surface area contributed by atoms with Crippen LogP contribution in [0.3, 0.4) is 0 Å². The Morgan fingerprint density at radius 2 is 1.71 bits per heavy atom. The van der Waals surface area contributed by atoms with Crippen molar-refractivity contribution in [2.24, 2.45) is 0 Å². The van der Waals surface area contributed by atoms with Gasteiger partial charge in [0.25, 0.3) is 0 Å². The molecule has 0 amide bonds. The summed E-state index contributed by atoms with van der Waals surface area (Å²) in [5.41, 5.74) is 3.22. The van der Waals surface area contributed by atoms with Gasteiger partial charge in [0.1, 0.15) is 0 Å².